The molecule has 1 fully saturated rings. The lowest BCUT2D eigenvalue weighted by molar-refractivity contribution is -0.156. The van der Waals surface area contributed by atoms with Crippen molar-refractivity contribution in [3.63, 3.8) is 0 Å². The summed E-state index contributed by atoms with van der Waals surface area (Å²) in [5.74, 6) is -1.27. The van der Waals surface area contributed by atoms with Crippen LogP contribution in [0.1, 0.15) is 74.5 Å². The fraction of sp³-hybridized carbons (Fsp3) is 0.708. The number of rotatable bonds is 10. The Morgan fingerprint density at radius 1 is 1.19 bits per heavy atom. The Morgan fingerprint density at radius 2 is 1.81 bits per heavy atom. The van der Waals surface area contributed by atoms with E-state index in [9.17, 15) is 14.4 Å². The molecular weight excluding hydrogens is 412 g/mol. The van der Waals surface area contributed by atoms with E-state index in [4.69, 9.17) is 14.9 Å². The number of aromatic nitrogens is 1. The van der Waals surface area contributed by atoms with Gasteiger partial charge in [-0.25, -0.2) is 4.79 Å². The van der Waals surface area contributed by atoms with Crippen molar-refractivity contribution in [2.24, 2.45) is 11.8 Å². The van der Waals surface area contributed by atoms with E-state index >= 15 is 0 Å². The minimum Gasteiger partial charge on any atom is -0.456 e. The smallest absolute Gasteiger partial charge is 0.329 e. The first-order chi connectivity index (χ1) is 15.2. The number of carbonyl (C=O) groups is 2. The Balaban J connectivity index is 2.31. The van der Waals surface area contributed by atoms with Crippen LogP contribution in [0.5, 0.6) is 0 Å². The molecule has 1 heterocycles. The predicted molar refractivity (Wildman–Crippen MR) is 122 cm³/mol. The van der Waals surface area contributed by atoms with Crippen molar-refractivity contribution in [3.05, 3.63) is 33.2 Å². The molecule has 1 unspecified atom stereocenters. The largest absolute Gasteiger partial charge is 0.456 e. The van der Waals surface area contributed by atoms with Crippen LogP contribution in [-0.4, -0.2) is 52.0 Å². The number of esters is 1. The second-order valence-corrected chi connectivity index (χ2v) is 9.08. The van der Waals surface area contributed by atoms with E-state index in [1.165, 1.54) is 19.3 Å². The van der Waals surface area contributed by atoms with Gasteiger partial charge in [0.15, 0.2) is 0 Å². The lowest BCUT2D eigenvalue weighted by Crippen LogP contribution is -2.48. The lowest BCUT2D eigenvalue weighted by atomic mass is 9.89. The number of nitrogens with zero attached hydrogens (tertiary/aromatic N) is 1. The fourth-order valence-corrected chi connectivity index (χ4v) is 4.38. The van der Waals surface area contributed by atoms with Gasteiger partial charge in [-0.1, -0.05) is 40.0 Å². The summed E-state index contributed by atoms with van der Waals surface area (Å²) in [4.78, 5) is 38.9. The molecule has 1 aliphatic carbocycles. The second-order valence-electron chi connectivity index (χ2n) is 9.08. The van der Waals surface area contributed by atoms with Crippen LogP contribution in [0.4, 0.5) is 0 Å². The number of nitrogens with one attached hydrogen (secondary N) is 1. The zero-order valence-corrected chi connectivity index (χ0v) is 19.7. The maximum absolute atomic E-state index is 13.3. The zero-order chi connectivity index (χ0) is 23.8. The number of ether oxygens (including phenoxy) is 1. The van der Waals surface area contributed by atoms with Crippen LogP contribution in [-0.2, 0) is 22.5 Å². The van der Waals surface area contributed by atoms with Gasteiger partial charge in [0.1, 0.15) is 17.7 Å². The van der Waals surface area contributed by atoms with Crippen molar-refractivity contribution >= 4 is 11.9 Å². The molecule has 1 saturated carbocycles. The Labute approximate surface area is 190 Å². The molecule has 1 atom stereocenters. The maximum Gasteiger partial charge on any atom is 0.329 e. The highest BCUT2D eigenvalue weighted by atomic mass is 16.6. The first-order valence-electron chi connectivity index (χ1n) is 11.7. The fourth-order valence-electron chi connectivity index (χ4n) is 4.38. The van der Waals surface area contributed by atoms with Crippen LogP contribution in [0.15, 0.2) is 10.9 Å². The first-order valence-corrected chi connectivity index (χ1v) is 11.7. The number of aryl methyl sites for hydroxylation is 1. The van der Waals surface area contributed by atoms with E-state index in [1.807, 2.05) is 13.8 Å². The molecule has 1 aromatic heterocycles. The van der Waals surface area contributed by atoms with Gasteiger partial charge in [-0.3, -0.25) is 9.59 Å². The molecule has 180 valence electrons. The molecule has 0 radical (unpaired) electrons. The number of aliphatic hydroxyl groups excluding tert-OH is 2. The molecule has 0 aliphatic heterocycles. The third kappa shape index (κ3) is 6.42. The van der Waals surface area contributed by atoms with Gasteiger partial charge < -0.3 is 24.8 Å². The average Bonchev–Trinajstić information content (AvgIpc) is 2.78. The zero-order valence-electron chi connectivity index (χ0n) is 19.7. The van der Waals surface area contributed by atoms with Gasteiger partial charge in [0, 0.05) is 12.2 Å². The van der Waals surface area contributed by atoms with Crippen LogP contribution in [0.2, 0.25) is 0 Å². The van der Waals surface area contributed by atoms with E-state index in [2.05, 4.69) is 5.32 Å². The highest BCUT2D eigenvalue weighted by molar-refractivity contribution is 5.96. The maximum atomic E-state index is 13.3. The van der Waals surface area contributed by atoms with E-state index in [0.29, 0.717) is 18.9 Å². The SMILES string of the molecule is CCc1c(C)cc(C(=O)NC(C(=O)OC(CO)CO)C(C)C)c(=O)n1CC1CCCCC1. The minimum atomic E-state index is -1.06. The number of carbonyl (C=O) groups excluding carboxylic acids is 2. The van der Waals surface area contributed by atoms with Gasteiger partial charge in [0.25, 0.3) is 11.5 Å². The summed E-state index contributed by atoms with van der Waals surface area (Å²) < 4.78 is 6.83. The number of hydrogen-bond acceptors (Lipinski definition) is 6. The summed E-state index contributed by atoms with van der Waals surface area (Å²) in [7, 11) is 0. The minimum absolute atomic E-state index is 0.00910. The summed E-state index contributed by atoms with van der Waals surface area (Å²) in [6.45, 7) is 6.94. The quantitative estimate of drug-likeness (QED) is 0.469. The predicted octanol–water partition coefficient (Wildman–Crippen LogP) is 1.95. The summed E-state index contributed by atoms with van der Waals surface area (Å²) >= 11 is 0. The Hall–Kier alpha value is -2.19. The molecule has 2 rings (SSSR count). The normalized spacial score (nSPS) is 15.8. The summed E-state index contributed by atoms with van der Waals surface area (Å²) in [5.41, 5.74) is 1.48. The molecule has 0 bridgehead atoms. The van der Waals surface area contributed by atoms with Crippen molar-refractivity contribution in [3.8, 4) is 0 Å². The van der Waals surface area contributed by atoms with Gasteiger partial charge >= 0.3 is 5.97 Å². The molecule has 3 N–H and O–H groups in total. The Kier molecular flexibility index (Phi) is 9.90. The third-order valence-electron chi connectivity index (χ3n) is 6.26. The molecule has 1 aromatic rings. The topological polar surface area (TPSA) is 118 Å². The van der Waals surface area contributed by atoms with E-state index in [1.54, 1.807) is 24.5 Å². The number of pyridine rings is 1. The standard InChI is InChI=1S/C24H38N2O6/c1-5-20-16(4)11-19(23(30)26(20)12-17-9-7-6-8-10-17)22(29)25-21(15(2)3)24(31)32-18(13-27)14-28/h11,15,17-18,21,27-28H,5-10,12-14H2,1-4H3,(H,25,29). The van der Waals surface area contributed by atoms with Crippen LogP contribution >= 0.6 is 0 Å². The summed E-state index contributed by atoms with van der Waals surface area (Å²) in [6, 6.07) is 0.585. The molecule has 32 heavy (non-hydrogen) atoms. The van der Waals surface area contributed by atoms with Crippen LogP contribution in [0, 0.1) is 18.8 Å². The van der Waals surface area contributed by atoms with Crippen LogP contribution < -0.4 is 10.9 Å². The van der Waals surface area contributed by atoms with Crippen LogP contribution in [0.3, 0.4) is 0 Å². The van der Waals surface area contributed by atoms with Crippen molar-refractivity contribution in [2.45, 2.75) is 84.9 Å². The molecule has 0 aromatic carbocycles. The molecule has 0 saturated heterocycles. The Bertz CT molecular complexity index is 838. The second kappa shape index (κ2) is 12.2. The van der Waals surface area contributed by atoms with E-state index in [-0.39, 0.29) is 17.0 Å². The lowest BCUT2D eigenvalue weighted by Gasteiger charge is -2.26. The molecule has 8 nitrogen and oxygen atoms in total. The van der Waals surface area contributed by atoms with Gasteiger partial charge in [-0.05, 0) is 49.7 Å². The van der Waals surface area contributed by atoms with Crippen molar-refractivity contribution < 1.29 is 24.5 Å². The van der Waals surface area contributed by atoms with E-state index < -0.39 is 37.2 Å². The number of hydrogen-bond donors (Lipinski definition) is 3. The Morgan fingerprint density at radius 3 is 2.34 bits per heavy atom. The molecule has 1 aliphatic rings. The van der Waals surface area contributed by atoms with E-state index in [0.717, 1.165) is 24.1 Å². The number of aliphatic hydroxyl groups is 2. The molecule has 8 heteroatoms. The summed E-state index contributed by atoms with van der Waals surface area (Å²) in [5, 5.41) is 21.0. The number of amides is 1. The van der Waals surface area contributed by atoms with Crippen LogP contribution in [0.25, 0.3) is 0 Å². The third-order valence-corrected chi connectivity index (χ3v) is 6.26. The van der Waals surface area contributed by atoms with Gasteiger partial charge in [0.05, 0.1) is 13.2 Å². The van der Waals surface area contributed by atoms with Crippen molar-refractivity contribution in [2.75, 3.05) is 13.2 Å². The molecule has 0 spiro atoms. The average molecular weight is 451 g/mol. The highest BCUT2D eigenvalue weighted by Gasteiger charge is 2.30. The summed E-state index contributed by atoms with van der Waals surface area (Å²) in [6.07, 6.45) is 5.38. The molecular formula is C24H38N2O6. The van der Waals surface area contributed by atoms with Crippen molar-refractivity contribution in [1.29, 1.82) is 0 Å². The highest BCUT2D eigenvalue weighted by Crippen LogP contribution is 2.25. The van der Waals surface area contributed by atoms with Gasteiger partial charge in [-0.2, -0.15) is 0 Å². The van der Waals surface area contributed by atoms with Crippen molar-refractivity contribution in [1.82, 2.24) is 9.88 Å². The van der Waals surface area contributed by atoms with Gasteiger partial charge in [0.2, 0.25) is 0 Å². The van der Waals surface area contributed by atoms with Gasteiger partial charge in [-0.15, -0.1) is 0 Å². The first kappa shape index (κ1) is 26.1. The molecule has 1 amide bonds. The monoisotopic (exact) mass is 450 g/mol.